The van der Waals surface area contributed by atoms with E-state index in [0.717, 1.165) is 23.7 Å². The molecule has 14 heavy (non-hydrogen) atoms. The monoisotopic (exact) mass is 212 g/mol. The number of rotatable bonds is 1. The molecule has 2 bridgehead atoms. The van der Waals surface area contributed by atoms with E-state index in [-0.39, 0.29) is 4.75 Å². The highest BCUT2D eigenvalue weighted by atomic mass is 32.1. The molecule has 0 amide bonds. The lowest BCUT2D eigenvalue weighted by Crippen LogP contribution is -2.43. The standard InChI is InChI=1S/C13H24S/c1-9-7-10-5-4-6-11(8-10)12(9)13(2,3)14/h9-12,14H,4-8H2,1-3H3. The average molecular weight is 212 g/mol. The summed E-state index contributed by atoms with van der Waals surface area (Å²) < 4.78 is 0.229. The summed E-state index contributed by atoms with van der Waals surface area (Å²) in [5.74, 6) is 3.77. The van der Waals surface area contributed by atoms with Crippen LogP contribution in [0.1, 0.15) is 52.9 Å². The van der Waals surface area contributed by atoms with E-state index >= 15 is 0 Å². The van der Waals surface area contributed by atoms with Gasteiger partial charge in [0.2, 0.25) is 0 Å². The summed E-state index contributed by atoms with van der Waals surface area (Å²) in [6.07, 6.45) is 7.41. The molecule has 4 unspecified atom stereocenters. The van der Waals surface area contributed by atoms with Gasteiger partial charge in [0.05, 0.1) is 0 Å². The van der Waals surface area contributed by atoms with Crippen LogP contribution in [0.5, 0.6) is 0 Å². The van der Waals surface area contributed by atoms with Crippen LogP contribution in [0, 0.1) is 23.7 Å². The van der Waals surface area contributed by atoms with Crippen molar-refractivity contribution in [3.05, 3.63) is 0 Å². The normalized spacial score (nSPS) is 43.7. The highest BCUT2D eigenvalue weighted by Gasteiger charge is 2.43. The minimum atomic E-state index is 0.229. The van der Waals surface area contributed by atoms with Crippen LogP contribution in [0.2, 0.25) is 0 Å². The van der Waals surface area contributed by atoms with Crippen molar-refractivity contribution in [1.82, 2.24) is 0 Å². The van der Waals surface area contributed by atoms with Crippen molar-refractivity contribution < 1.29 is 0 Å². The van der Waals surface area contributed by atoms with Crippen molar-refractivity contribution in [2.75, 3.05) is 0 Å². The third-order valence-electron chi connectivity index (χ3n) is 4.47. The summed E-state index contributed by atoms with van der Waals surface area (Å²) in [4.78, 5) is 0. The second-order valence-corrected chi connectivity index (χ2v) is 7.34. The largest absolute Gasteiger partial charge is 0.173 e. The van der Waals surface area contributed by atoms with E-state index in [4.69, 9.17) is 12.6 Å². The van der Waals surface area contributed by atoms with Gasteiger partial charge >= 0.3 is 0 Å². The Balaban J connectivity index is 2.15. The molecule has 0 aromatic rings. The highest BCUT2D eigenvalue weighted by Crippen LogP contribution is 2.51. The molecule has 2 rings (SSSR count). The maximum absolute atomic E-state index is 4.82. The first kappa shape index (κ1) is 10.9. The quantitative estimate of drug-likeness (QED) is 0.620. The van der Waals surface area contributed by atoms with Crippen molar-refractivity contribution in [2.45, 2.75) is 57.6 Å². The molecule has 2 aliphatic carbocycles. The summed E-state index contributed by atoms with van der Waals surface area (Å²) in [5, 5.41) is 0. The Morgan fingerprint density at radius 3 is 2.50 bits per heavy atom. The third-order valence-corrected chi connectivity index (χ3v) is 4.76. The lowest BCUT2D eigenvalue weighted by Gasteiger charge is -2.49. The van der Waals surface area contributed by atoms with Gasteiger partial charge in [0, 0.05) is 4.75 Å². The first-order chi connectivity index (χ1) is 6.48. The van der Waals surface area contributed by atoms with Gasteiger partial charge in [0.15, 0.2) is 0 Å². The van der Waals surface area contributed by atoms with Gasteiger partial charge in [-0.15, -0.1) is 0 Å². The van der Waals surface area contributed by atoms with Crippen LogP contribution in [0.15, 0.2) is 0 Å². The van der Waals surface area contributed by atoms with Crippen molar-refractivity contribution in [1.29, 1.82) is 0 Å². The molecule has 2 fully saturated rings. The van der Waals surface area contributed by atoms with Gasteiger partial charge in [-0.25, -0.2) is 0 Å². The van der Waals surface area contributed by atoms with Gasteiger partial charge in [0.1, 0.15) is 0 Å². The Labute approximate surface area is 94.3 Å². The highest BCUT2D eigenvalue weighted by molar-refractivity contribution is 7.81. The van der Waals surface area contributed by atoms with Crippen LogP contribution in [-0.2, 0) is 0 Å². The molecule has 0 nitrogen and oxygen atoms in total. The average Bonchev–Trinajstić information content (AvgIpc) is 2.00. The number of hydrogen-bond donors (Lipinski definition) is 1. The van der Waals surface area contributed by atoms with Gasteiger partial charge in [-0.1, -0.05) is 40.0 Å². The van der Waals surface area contributed by atoms with Crippen LogP contribution in [0.25, 0.3) is 0 Å². The minimum Gasteiger partial charge on any atom is -0.173 e. The molecule has 82 valence electrons. The Bertz CT molecular complexity index is 202. The Morgan fingerprint density at radius 2 is 1.86 bits per heavy atom. The van der Waals surface area contributed by atoms with E-state index in [1.165, 1.54) is 32.1 Å². The second-order valence-electron chi connectivity index (χ2n) is 6.19. The Morgan fingerprint density at radius 1 is 1.14 bits per heavy atom. The zero-order valence-corrected chi connectivity index (χ0v) is 10.7. The SMILES string of the molecule is CC1CC2CCCC(C2)C1C(C)(C)S. The van der Waals surface area contributed by atoms with Crippen LogP contribution in [0.4, 0.5) is 0 Å². The lowest BCUT2D eigenvalue weighted by molar-refractivity contribution is 0.0534. The van der Waals surface area contributed by atoms with Crippen molar-refractivity contribution in [3.63, 3.8) is 0 Å². The number of fused-ring (bicyclic) bond motifs is 2. The summed E-state index contributed by atoms with van der Waals surface area (Å²) in [6, 6.07) is 0. The smallest absolute Gasteiger partial charge is 0.0106 e. The van der Waals surface area contributed by atoms with E-state index in [0.29, 0.717) is 0 Å². The lowest BCUT2D eigenvalue weighted by atomic mass is 9.59. The molecule has 0 aromatic carbocycles. The van der Waals surface area contributed by atoms with Gasteiger partial charge in [-0.2, -0.15) is 12.6 Å². The van der Waals surface area contributed by atoms with Crippen LogP contribution < -0.4 is 0 Å². The van der Waals surface area contributed by atoms with Crippen LogP contribution in [-0.4, -0.2) is 4.75 Å². The van der Waals surface area contributed by atoms with Crippen molar-refractivity contribution >= 4 is 12.6 Å². The molecule has 1 heteroatoms. The van der Waals surface area contributed by atoms with Gasteiger partial charge in [-0.05, 0) is 36.5 Å². The predicted octanol–water partition coefficient (Wildman–Crippen LogP) is 4.16. The molecule has 0 saturated heterocycles. The zero-order chi connectivity index (χ0) is 10.3. The van der Waals surface area contributed by atoms with Gasteiger partial charge in [-0.3, -0.25) is 0 Å². The maximum Gasteiger partial charge on any atom is 0.0106 e. The number of hydrogen-bond acceptors (Lipinski definition) is 1. The molecule has 0 radical (unpaired) electrons. The first-order valence-electron chi connectivity index (χ1n) is 6.21. The first-order valence-corrected chi connectivity index (χ1v) is 6.65. The molecule has 0 aromatic heterocycles. The Hall–Kier alpha value is 0.350. The molecular weight excluding hydrogens is 188 g/mol. The summed E-state index contributed by atoms with van der Waals surface area (Å²) in [7, 11) is 0. The third kappa shape index (κ3) is 1.98. The number of thiol groups is 1. The molecule has 0 spiro atoms. The van der Waals surface area contributed by atoms with Crippen molar-refractivity contribution in [3.8, 4) is 0 Å². The minimum absolute atomic E-state index is 0.229. The van der Waals surface area contributed by atoms with Crippen LogP contribution >= 0.6 is 12.6 Å². The molecule has 4 atom stereocenters. The van der Waals surface area contributed by atoms with E-state index in [1.807, 2.05) is 0 Å². The zero-order valence-electron chi connectivity index (χ0n) is 9.79. The molecule has 2 aliphatic rings. The molecule has 0 N–H and O–H groups in total. The second kappa shape index (κ2) is 3.73. The van der Waals surface area contributed by atoms with E-state index in [9.17, 15) is 0 Å². The molecule has 0 heterocycles. The van der Waals surface area contributed by atoms with Crippen LogP contribution in [0.3, 0.4) is 0 Å². The fourth-order valence-electron chi connectivity index (χ4n) is 4.28. The molecule has 2 saturated carbocycles. The van der Waals surface area contributed by atoms with E-state index < -0.39 is 0 Å². The summed E-state index contributed by atoms with van der Waals surface area (Å²) >= 11 is 4.82. The van der Waals surface area contributed by atoms with Gasteiger partial charge in [0.25, 0.3) is 0 Å². The van der Waals surface area contributed by atoms with Gasteiger partial charge < -0.3 is 0 Å². The summed E-state index contributed by atoms with van der Waals surface area (Å²) in [5.41, 5.74) is 0. The molecular formula is C13H24S. The summed E-state index contributed by atoms with van der Waals surface area (Å²) in [6.45, 7) is 7.07. The van der Waals surface area contributed by atoms with Crippen molar-refractivity contribution in [2.24, 2.45) is 23.7 Å². The maximum atomic E-state index is 4.82. The topological polar surface area (TPSA) is 0 Å². The Kier molecular flexibility index (Phi) is 2.90. The predicted molar refractivity (Wildman–Crippen MR) is 65.8 cm³/mol. The fraction of sp³-hybridized carbons (Fsp3) is 1.00. The van der Waals surface area contributed by atoms with E-state index in [1.54, 1.807) is 0 Å². The molecule has 0 aliphatic heterocycles. The fourth-order valence-corrected chi connectivity index (χ4v) is 4.75. The van der Waals surface area contributed by atoms with E-state index in [2.05, 4.69) is 20.8 Å².